The van der Waals surface area contributed by atoms with Crippen LogP contribution in [-0.4, -0.2) is 12.1 Å². The molecular weight excluding hydrogens is 344 g/mol. The molecule has 0 radical (unpaired) electrons. The smallest absolute Gasteiger partial charge is 0.119 e. The first-order chi connectivity index (χ1) is 13.8. The molecule has 4 aromatic rings. The average Bonchev–Trinajstić information content (AvgIpc) is 2.77. The molecule has 0 N–H and O–H groups in total. The molecule has 1 heterocycles. The molecule has 0 bridgehead atoms. The summed E-state index contributed by atoms with van der Waals surface area (Å²) in [5.74, 6) is 0.836. The fourth-order valence-corrected chi connectivity index (χ4v) is 3.19. The lowest BCUT2D eigenvalue weighted by Gasteiger charge is -2.05. The van der Waals surface area contributed by atoms with Crippen molar-refractivity contribution in [3.63, 3.8) is 0 Å². The highest BCUT2D eigenvalue weighted by Gasteiger charge is 2.04. The molecule has 0 unspecified atom stereocenters. The summed E-state index contributed by atoms with van der Waals surface area (Å²) in [5.41, 5.74) is 4.73. The molecule has 0 amide bonds. The maximum atomic E-state index is 9.67. The van der Waals surface area contributed by atoms with Gasteiger partial charge in [0.25, 0.3) is 0 Å². The maximum Gasteiger partial charge on any atom is 0.119 e. The van der Waals surface area contributed by atoms with Gasteiger partial charge in [-0.2, -0.15) is 5.26 Å². The van der Waals surface area contributed by atoms with E-state index in [9.17, 15) is 5.26 Å². The van der Waals surface area contributed by atoms with Crippen LogP contribution in [0.3, 0.4) is 0 Å². The molecular formula is C25H18N2O. The van der Waals surface area contributed by atoms with Crippen LogP contribution in [0, 0.1) is 11.3 Å². The number of fused-ring (bicyclic) bond motifs is 1. The van der Waals surface area contributed by atoms with Crippen LogP contribution in [0.25, 0.3) is 33.5 Å². The molecule has 0 saturated heterocycles. The Kier molecular flexibility index (Phi) is 4.86. The quantitative estimate of drug-likeness (QED) is 0.332. The van der Waals surface area contributed by atoms with Crippen molar-refractivity contribution in [1.82, 2.24) is 4.98 Å². The number of aromatic nitrogens is 1. The van der Waals surface area contributed by atoms with Crippen molar-refractivity contribution in [1.29, 1.82) is 5.26 Å². The number of hydrogen-bond acceptors (Lipinski definition) is 3. The van der Waals surface area contributed by atoms with Gasteiger partial charge in [0, 0.05) is 12.4 Å². The summed E-state index contributed by atoms with van der Waals surface area (Å²) in [6, 6.07) is 26.4. The van der Waals surface area contributed by atoms with E-state index in [0.29, 0.717) is 5.57 Å². The number of allylic oxidation sites excluding steroid dienone is 1. The van der Waals surface area contributed by atoms with E-state index in [2.05, 4.69) is 17.1 Å². The zero-order valence-electron chi connectivity index (χ0n) is 15.5. The summed E-state index contributed by atoms with van der Waals surface area (Å²) in [7, 11) is 1.66. The van der Waals surface area contributed by atoms with Gasteiger partial charge in [0.15, 0.2) is 0 Å². The third-order valence-corrected chi connectivity index (χ3v) is 4.71. The molecule has 0 aliphatic carbocycles. The Morgan fingerprint density at radius 2 is 1.54 bits per heavy atom. The third-order valence-electron chi connectivity index (χ3n) is 4.71. The van der Waals surface area contributed by atoms with E-state index < -0.39 is 0 Å². The molecule has 0 spiro atoms. The Morgan fingerprint density at radius 3 is 2.25 bits per heavy atom. The first kappa shape index (κ1) is 17.5. The molecule has 0 aliphatic rings. The Hall–Kier alpha value is -3.90. The highest BCUT2D eigenvalue weighted by molar-refractivity contribution is 5.93. The van der Waals surface area contributed by atoms with Crippen LogP contribution in [0.2, 0.25) is 0 Å². The van der Waals surface area contributed by atoms with Gasteiger partial charge in [0.05, 0.1) is 18.8 Å². The lowest BCUT2D eigenvalue weighted by atomic mass is 9.99. The molecule has 4 rings (SSSR count). The number of nitrogens with zero attached hydrogens (tertiary/aromatic N) is 2. The number of pyridine rings is 1. The van der Waals surface area contributed by atoms with Gasteiger partial charge in [-0.15, -0.1) is 0 Å². The molecule has 1 aromatic heterocycles. The Morgan fingerprint density at radius 1 is 0.857 bits per heavy atom. The van der Waals surface area contributed by atoms with Crippen LogP contribution < -0.4 is 4.74 Å². The van der Waals surface area contributed by atoms with Crippen molar-refractivity contribution in [2.24, 2.45) is 0 Å². The minimum atomic E-state index is 0.633. The zero-order valence-corrected chi connectivity index (χ0v) is 15.5. The van der Waals surface area contributed by atoms with Crippen molar-refractivity contribution in [3.05, 3.63) is 96.3 Å². The molecule has 3 heteroatoms. The van der Waals surface area contributed by atoms with Crippen LogP contribution in [0.4, 0.5) is 0 Å². The average molecular weight is 362 g/mol. The lowest BCUT2D eigenvalue weighted by Crippen LogP contribution is -1.85. The van der Waals surface area contributed by atoms with E-state index in [1.807, 2.05) is 72.8 Å². The van der Waals surface area contributed by atoms with Crippen LogP contribution >= 0.6 is 0 Å². The molecule has 134 valence electrons. The van der Waals surface area contributed by atoms with Gasteiger partial charge in [-0.25, -0.2) is 0 Å². The lowest BCUT2D eigenvalue weighted by molar-refractivity contribution is 0.415. The van der Waals surface area contributed by atoms with Crippen LogP contribution in [0.15, 0.2) is 85.2 Å². The molecule has 0 fully saturated rings. The predicted octanol–water partition coefficient (Wildman–Crippen LogP) is 5.97. The standard InChI is InChI=1S/C25H18N2O/c1-28-25-9-8-22-14-18(2-3-23(22)16-25)15-24(17-26)20-6-4-19(5-7-20)21-10-12-27-13-11-21/h2-16H,1H3/b24-15+. The normalized spacial score (nSPS) is 11.2. The molecule has 3 aromatic carbocycles. The van der Waals surface area contributed by atoms with Crippen LogP contribution in [0.5, 0.6) is 5.75 Å². The summed E-state index contributed by atoms with van der Waals surface area (Å²) < 4.78 is 5.28. The predicted molar refractivity (Wildman–Crippen MR) is 114 cm³/mol. The first-order valence-electron chi connectivity index (χ1n) is 8.97. The van der Waals surface area contributed by atoms with Gasteiger partial charge in [0.2, 0.25) is 0 Å². The van der Waals surface area contributed by atoms with E-state index in [4.69, 9.17) is 4.74 Å². The van der Waals surface area contributed by atoms with Gasteiger partial charge < -0.3 is 4.74 Å². The molecule has 0 saturated carbocycles. The second kappa shape index (κ2) is 7.77. The van der Waals surface area contributed by atoms with Crippen LogP contribution in [-0.2, 0) is 0 Å². The first-order valence-corrected chi connectivity index (χ1v) is 8.97. The minimum Gasteiger partial charge on any atom is -0.497 e. The Bertz CT molecular complexity index is 1190. The zero-order chi connectivity index (χ0) is 19.3. The number of nitriles is 1. The Balaban J connectivity index is 1.66. The van der Waals surface area contributed by atoms with Gasteiger partial charge in [0.1, 0.15) is 5.75 Å². The summed E-state index contributed by atoms with van der Waals surface area (Å²) in [5, 5.41) is 11.9. The second-order valence-corrected chi connectivity index (χ2v) is 6.46. The van der Waals surface area contributed by atoms with Crippen molar-refractivity contribution in [2.75, 3.05) is 7.11 Å². The van der Waals surface area contributed by atoms with Crippen LogP contribution in [0.1, 0.15) is 11.1 Å². The van der Waals surface area contributed by atoms with Gasteiger partial charge >= 0.3 is 0 Å². The SMILES string of the molecule is COc1ccc2cc(/C=C(\C#N)c3ccc(-c4ccncc4)cc3)ccc2c1. The fourth-order valence-electron chi connectivity index (χ4n) is 3.19. The van der Waals surface area contributed by atoms with Gasteiger partial charge in [-0.1, -0.05) is 42.5 Å². The van der Waals surface area contributed by atoms with E-state index in [1.165, 1.54) is 0 Å². The van der Waals surface area contributed by atoms with E-state index in [1.54, 1.807) is 19.5 Å². The minimum absolute atomic E-state index is 0.633. The summed E-state index contributed by atoms with van der Waals surface area (Å²) in [6.45, 7) is 0. The number of rotatable bonds is 4. The molecule has 0 atom stereocenters. The molecule has 0 aliphatic heterocycles. The highest BCUT2D eigenvalue weighted by Crippen LogP contribution is 2.26. The van der Waals surface area contributed by atoms with Crippen molar-refractivity contribution in [3.8, 4) is 22.9 Å². The van der Waals surface area contributed by atoms with E-state index in [0.717, 1.165) is 38.8 Å². The summed E-state index contributed by atoms with van der Waals surface area (Å²) in [4.78, 5) is 4.05. The number of hydrogen-bond donors (Lipinski definition) is 0. The van der Waals surface area contributed by atoms with Gasteiger partial charge in [-0.05, 0) is 69.4 Å². The third kappa shape index (κ3) is 3.62. The van der Waals surface area contributed by atoms with Crippen molar-refractivity contribution < 1.29 is 4.74 Å². The molecule has 28 heavy (non-hydrogen) atoms. The summed E-state index contributed by atoms with van der Waals surface area (Å²) >= 11 is 0. The maximum absolute atomic E-state index is 9.67. The van der Waals surface area contributed by atoms with Crippen molar-refractivity contribution in [2.45, 2.75) is 0 Å². The van der Waals surface area contributed by atoms with E-state index >= 15 is 0 Å². The van der Waals surface area contributed by atoms with Crippen molar-refractivity contribution >= 4 is 22.4 Å². The number of methoxy groups -OCH3 is 1. The van der Waals surface area contributed by atoms with Gasteiger partial charge in [-0.3, -0.25) is 4.98 Å². The molecule has 3 nitrogen and oxygen atoms in total. The topological polar surface area (TPSA) is 45.9 Å². The van der Waals surface area contributed by atoms with E-state index in [-0.39, 0.29) is 0 Å². The largest absolute Gasteiger partial charge is 0.497 e. The Labute approximate surface area is 164 Å². The summed E-state index contributed by atoms with van der Waals surface area (Å²) in [6.07, 6.45) is 5.48. The fraction of sp³-hybridized carbons (Fsp3) is 0.0400. The second-order valence-electron chi connectivity index (χ2n) is 6.46. The number of benzene rings is 3. The number of ether oxygens (including phenoxy) is 1. The monoisotopic (exact) mass is 362 g/mol. The highest BCUT2D eigenvalue weighted by atomic mass is 16.5.